The fourth-order valence-corrected chi connectivity index (χ4v) is 5.64. The lowest BCUT2D eigenvalue weighted by molar-refractivity contribution is 0.0959. The summed E-state index contributed by atoms with van der Waals surface area (Å²) in [5.41, 5.74) is 3.89. The number of carbonyl (C=O) groups excluding carboxylic acids is 1. The molecule has 0 unspecified atom stereocenters. The Bertz CT molecular complexity index is 1460. The number of hydrogen-bond acceptors (Lipinski definition) is 8. The van der Waals surface area contributed by atoms with E-state index >= 15 is 0 Å². The van der Waals surface area contributed by atoms with Gasteiger partial charge < -0.3 is 20.1 Å². The third-order valence-electron chi connectivity index (χ3n) is 6.00. The highest BCUT2D eigenvalue weighted by Gasteiger charge is 2.21. The molecule has 0 aliphatic heterocycles. The summed E-state index contributed by atoms with van der Waals surface area (Å²) in [5.74, 6) is 0.578. The standard InChI is InChI=1S/C29H29ClN4O3S2/c1-29(2,34-36)21-7-4-6-19(16-21)20-10-11-25(37-3)26(17-20)39-33-23-9-5-8-22(18-23)31-13-14-32-28(35)27-24(30)12-15-38-27/h4-12,15-18,31,33H,13-14H2,1-3H3,(H,32,35). The number of hydrogen-bond donors (Lipinski definition) is 3. The van der Waals surface area contributed by atoms with E-state index in [1.54, 1.807) is 32.4 Å². The van der Waals surface area contributed by atoms with Gasteiger partial charge in [0.2, 0.25) is 0 Å². The summed E-state index contributed by atoms with van der Waals surface area (Å²) in [6.07, 6.45) is 0. The Balaban J connectivity index is 1.38. The highest BCUT2D eigenvalue weighted by atomic mass is 35.5. The van der Waals surface area contributed by atoms with E-state index < -0.39 is 5.54 Å². The predicted molar refractivity (Wildman–Crippen MR) is 163 cm³/mol. The fourth-order valence-electron chi connectivity index (χ4n) is 3.79. The van der Waals surface area contributed by atoms with Crippen molar-refractivity contribution in [3.8, 4) is 16.9 Å². The van der Waals surface area contributed by atoms with Gasteiger partial charge in [0, 0.05) is 24.5 Å². The SMILES string of the molecule is COc1ccc(-c2cccc(C(C)(C)N=O)c2)cc1SNc1cccc(NCCNC(=O)c2sccc2Cl)c1. The molecule has 202 valence electrons. The van der Waals surface area contributed by atoms with Crippen LogP contribution in [0.3, 0.4) is 0 Å². The van der Waals surface area contributed by atoms with Crippen LogP contribution < -0.4 is 20.1 Å². The van der Waals surface area contributed by atoms with Gasteiger partial charge in [-0.1, -0.05) is 47.1 Å². The van der Waals surface area contributed by atoms with Gasteiger partial charge in [-0.3, -0.25) is 4.79 Å². The lowest BCUT2D eigenvalue weighted by atomic mass is 9.92. The van der Waals surface area contributed by atoms with Crippen molar-refractivity contribution >= 4 is 52.2 Å². The molecule has 0 saturated heterocycles. The van der Waals surface area contributed by atoms with Gasteiger partial charge >= 0.3 is 0 Å². The number of nitrogens with one attached hydrogen (secondary N) is 3. The van der Waals surface area contributed by atoms with E-state index in [4.69, 9.17) is 16.3 Å². The lowest BCUT2D eigenvalue weighted by Gasteiger charge is -2.17. The number of benzene rings is 3. The maximum absolute atomic E-state index is 12.2. The fraction of sp³-hybridized carbons (Fsp3) is 0.207. The maximum Gasteiger partial charge on any atom is 0.262 e. The number of halogens is 1. The average Bonchev–Trinajstić information content (AvgIpc) is 3.40. The molecule has 0 fully saturated rings. The summed E-state index contributed by atoms with van der Waals surface area (Å²) < 4.78 is 8.98. The molecule has 7 nitrogen and oxygen atoms in total. The molecule has 4 aromatic rings. The monoisotopic (exact) mass is 580 g/mol. The van der Waals surface area contributed by atoms with Crippen LogP contribution in [0.15, 0.2) is 88.2 Å². The van der Waals surface area contributed by atoms with Gasteiger partial charge in [-0.25, -0.2) is 0 Å². The molecule has 1 amide bonds. The molecule has 0 saturated carbocycles. The number of carbonyl (C=O) groups is 1. The number of nitroso groups, excluding NO2 is 1. The second kappa shape index (κ2) is 13.0. The highest BCUT2D eigenvalue weighted by molar-refractivity contribution is 8.00. The number of thiophene rings is 1. The second-order valence-corrected chi connectivity index (χ2v) is 11.3. The first kappa shape index (κ1) is 28.5. The van der Waals surface area contributed by atoms with E-state index in [0.29, 0.717) is 23.0 Å². The Kier molecular flexibility index (Phi) is 9.50. The van der Waals surface area contributed by atoms with Crippen LogP contribution in [0.5, 0.6) is 5.75 Å². The van der Waals surface area contributed by atoms with Crippen molar-refractivity contribution in [3.63, 3.8) is 0 Å². The summed E-state index contributed by atoms with van der Waals surface area (Å²) in [6, 6.07) is 23.5. The van der Waals surface area contributed by atoms with E-state index in [0.717, 1.165) is 38.7 Å². The van der Waals surface area contributed by atoms with Crippen LogP contribution in [0.1, 0.15) is 29.1 Å². The molecule has 4 rings (SSSR count). The minimum Gasteiger partial charge on any atom is -0.496 e. The van der Waals surface area contributed by atoms with E-state index in [1.165, 1.54) is 23.3 Å². The molecule has 3 N–H and O–H groups in total. The first-order chi connectivity index (χ1) is 18.8. The van der Waals surface area contributed by atoms with Crippen molar-refractivity contribution in [1.29, 1.82) is 0 Å². The van der Waals surface area contributed by atoms with Crippen LogP contribution in [0.25, 0.3) is 11.1 Å². The van der Waals surface area contributed by atoms with E-state index in [2.05, 4.69) is 26.6 Å². The van der Waals surface area contributed by atoms with Crippen LogP contribution >= 0.6 is 34.9 Å². The predicted octanol–water partition coefficient (Wildman–Crippen LogP) is 8.04. The molecule has 10 heteroatoms. The number of methoxy groups -OCH3 is 1. The van der Waals surface area contributed by atoms with Crippen LogP contribution in [-0.2, 0) is 5.54 Å². The van der Waals surface area contributed by atoms with Crippen molar-refractivity contribution < 1.29 is 9.53 Å². The molecule has 0 spiro atoms. The van der Waals surface area contributed by atoms with Crippen molar-refractivity contribution in [2.45, 2.75) is 24.3 Å². The number of ether oxygens (including phenoxy) is 1. The van der Waals surface area contributed by atoms with Gasteiger partial charge in [0.25, 0.3) is 5.91 Å². The molecular weight excluding hydrogens is 552 g/mol. The Morgan fingerprint density at radius 1 is 1.00 bits per heavy atom. The van der Waals surface area contributed by atoms with Crippen LogP contribution in [0, 0.1) is 4.91 Å². The van der Waals surface area contributed by atoms with Crippen LogP contribution in [-0.4, -0.2) is 26.1 Å². The topological polar surface area (TPSA) is 91.8 Å². The van der Waals surface area contributed by atoms with Crippen LogP contribution in [0.4, 0.5) is 11.4 Å². The molecule has 39 heavy (non-hydrogen) atoms. The molecular formula is C29H29ClN4O3S2. The van der Waals surface area contributed by atoms with E-state index in [-0.39, 0.29) is 5.91 Å². The molecule has 0 atom stereocenters. The maximum atomic E-state index is 12.2. The number of nitrogens with zero attached hydrogens (tertiary/aromatic N) is 1. The summed E-state index contributed by atoms with van der Waals surface area (Å²) in [5, 5.41) is 11.7. The van der Waals surface area contributed by atoms with Crippen molar-refractivity contribution in [3.05, 3.63) is 98.5 Å². The Morgan fingerprint density at radius 3 is 2.51 bits per heavy atom. The van der Waals surface area contributed by atoms with Gasteiger partial charge in [0.1, 0.15) is 16.2 Å². The first-order valence-corrected chi connectivity index (χ1v) is 14.3. The minimum atomic E-state index is -0.802. The summed E-state index contributed by atoms with van der Waals surface area (Å²) in [4.78, 5) is 24.9. The van der Waals surface area contributed by atoms with Crippen molar-refractivity contribution in [2.24, 2.45) is 5.18 Å². The van der Waals surface area contributed by atoms with Crippen molar-refractivity contribution in [2.75, 3.05) is 30.2 Å². The summed E-state index contributed by atoms with van der Waals surface area (Å²) in [6.45, 7) is 4.64. The van der Waals surface area contributed by atoms with Gasteiger partial charge in [-0.2, -0.15) is 0 Å². The Hall–Kier alpha value is -3.53. The van der Waals surface area contributed by atoms with Gasteiger partial charge in [0.05, 0.1) is 17.0 Å². The minimum absolute atomic E-state index is 0.171. The summed E-state index contributed by atoms with van der Waals surface area (Å²) >= 11 is 8.80. The molecule has 1 heterocycles. The highest BCUT2D eigenvalue weighted by Crippen LogP contribution is 2.36. The van der Waals surface area contributed by atoms with Gasteiger partial charge in [-0.15, -0.1) is 16.2 Å². The average molecular weight is 581 g/mol. The normalized spacial score (nSPS) is 11.1. The quantitative estimate of drug-likeness (QED) is 0.0892. The van der Waals surface area contributed by atoms with E-state index in [9.17, 15) is 9.70 Å². The largest absolute Gasteiger partial charge is 0.496 e. The molecule has 3 aromatic carbocycles. The number of amides is 1. The lowest BCUT2D eigenvalue weighted by Crippen LogP contribution is -2.28. The molecule has 0 aliphatic carbocycles. The van der Waals surface area contributed by atoms with Crippen molar-refractivity contribution in [1.82, 2.24) is 5.32 Å². The third kappa shape index (κ3) is 7.32. The second-order valence-electron chi connectivity index (χ2n) is 9.16. The molecule has 0 aliphatic rings. The van der Waals surface area contributed by atoms with Gasteiger partial charge in [0.15, 0.2) is 0 Å². The van der Waals surface area contributed by atoms with Gasteiger partial charge in [-0.05, 0) is 90.3 Å². The summed E-state index contributed by atoms with van der Waals surface area (Å²) in [7, 11) is 1.65. The molecule has 0 bridgehead atoms. The zero-order valence-corrected chi connectivity index (χ0v) is 24.2. The zero-order valence-electron chi connectivity index (χ0n) is 21.8. The smallest absolute Gasteiger partial charge is 0.262 e. The third-order valence-corrected chi connectivity index (χ3v) is 8.22. The Morgan fingerprint density at radius 2 is 1.77 bits per heavy atom. The molecule has 1 aromatic heterocycles. The first-order valence-electron chi connectivity index (χ1n) is 12.2. The number of rotatable bonds is 12. The Labute approximate surface area is 241 Å². The zero-order chi connectivity index (χ0) is 27.8. The molecule has 0 radical (unpaired) electrons. The van der Waals surface area contributed by atoms with Crippen LogP contribution in [0.2, 0.25) is 5.02 Å². The van der Waals surface area contributed by atoms with E-state index in [1.807, 2.05) is 60.7 Å². The number of anilines is 2.